The second kappa shape index (κ2) is 8.62. The van der Waals surface area contributed by atoms with Crippen LogP contribution in [0.1, 0.15) is 25.7 Å². The maximum atomic E-state index is 12.4. The minimum absolute atomic E-state index is 0.0184. The molecule has 0 bridgehead atoms. The maximum absolute atomic E-state index is 12.4. The summed E-state index contributed by atoms with van der Waals surface area (Å²) in [6, 6.07) is 1.05. The van der Waals surface area contributed by atoms with Gasteiger partial charge in [0.05, 0.1) is 18.0 Å². The number of nitrogens with one attached hydrogen (secondary N) is 6. The van der Waals surface area contributed by atoms with Crippen LogP contribution in [0.5, 0.6) is 0 Å². The van der Waals surface area contributed by atoms with Gasteiger partial charge in [-0.3, -0.25) is 30.4 Å². The molecule has 4 aliphatic rings. The molecule has 28 heavy (non-hydrogen) atoms. The van der Waals surface area contributed by atoms with E-state index in [4.69, 9.17) is 0 Å². The third-order valence-corrected chi connectivity index (χ3v) is 6.81. The van der Waals surface area contributed by atoms with E-state index >= 15 is 0 Å². The third kappa shape index (κ3) is 4.33. The molecule has 5 unspecified atom stereocenters. The van der Waals surface area contributed by atoms with Crippen LogP contribution in [0, 0.1) is 17.8 Å². The molecule has 0 radical (unpaired) electrons. The first-order valence-electron chi connectivity index (χ1n) is 10.7. The highest BCUT2D eigenvalue weighted by atomic mass is 16.2. The van der Waals surface area contributed by atoms with Crippen LogP contribution >= 0.6 is 0 Å². The van der Waals surface area contributed by atoms with E-state index in [1.807, 2.05) is 0 Å². The molecule has 6 N–H and O–H groups in total. The van der Waals surface area contributed by atoms with Crippen LogP contribution in [0.4, 0.5) is 0 Å². The summed E-state index contributed by atoms with van der Waals surface area (Å²) in [5.41, 5.74) is 0. The number of rotatable bonds is 6. The van der Waals surface area contributed by atoms with E-state index in [2.05, 4.69) is 36.8 Å². The van der Waals surface area contributed by atoms with Gasteiger partial charge in [0.2, 0.25) is 11.8 Å². The molecule has 158 valence electrons. The fourth-order valence-corrected chi connectivity index (χ4v) is 4.80. The Hall–Kier alpha value is -1.26. The highest BCUT2D eigenvalue weighted by Crippen LogP contribution is 2.35. The Bertz CT molecular complexity index is 571. The summed E-state index contributed by atoms with van der Waals surface area (Å²) in [5.74, 6) is 0.920. The highest BCUT2D eigenvalue weighted by Gasteiger charge is 2.42. The summed E-state index contributed by atoms with van der Waals surface area (Å²) in [5, 5.41) is 19.9. The zero-order chi connectivity index (χ0) is 19.7. The predicted octanol–water partition coefficient (Wildman–Crippen LogP) is -2.05. The van der Waals surface area contributed by atoms with Gasteiger partial charge in [-0.2, -0.15) is 0 Å². The standard InChI is InChI=1S/C19H35N7O2/c1-20-17(27)12-9-26(10-12)19-23-8-14(18(28)21-2)16(25-19)24-13-5-6-15(22-7-13)11-3-4-11/h11-16,19,22-25H,3-10H2,1-2H3,(H,20,27)(H,21,28). The lowest BCUT2D eigenvalue weighted by atomic mass is 9.95. The van der Waals surface area contributed by atoms with Crippen LogP contribution in [-0.2, 0) is 9.59 Å². The molecule has 3 aliphatic heterocycles. The van der Waals surface area contributed by atoms with Gasteiger partial charge in [0.15, 0.2) is 0 Å². The lowest BCUT2D eigenvalue weighted by molar-refractivity contribution is -0.133. The summed E-state index contributed by atoms with van der Waals surface area (Å²) in [7, 11) is 3.37. The number of likely N-dealkylation sites (tertiary alicyclic amines) is 1. The molecular formula is C19H35N7O2. The van der Waals surface area contributed by atoms with Crippen molar-refractivity contribution in [3.05, 3.63) is 0 Å². The number of hydrogen-bond donors (Lipinski definition) is 6. The first kappa shape index (κ1) is 20.0. The van der Waals surface area contributed by atoms with Crippen molar-refractivity contribution in [1.82, 2.24) is 36.8 Å². The van der Waals surface area contributed by atoms with E-state index in [9.17, 15) is 9.59 Å². The van der Waals surface area contributed by atoms with Gasteiger partial charge in [0.25, 0.3) is 0 Å². The second-order valence-electron chi connectivity index (χ2n) is 8.73. The normalized spacial score (nSPS) is 37.1. The van der Waals surface area contributed by atoms with Gasteiger partial charge in [-0.05, 0) is 31.6 Å². The molecule has 3 heterocycles. The smallest absolute Gasteiger partial charge is 0.227 e. The average Bonchev–Trinajstić information content (AvgIpc) is 3.52. The topological polar surface area (TPSA) is 110 Å². The number of hydrogen-bond acceptors (Lipinski definition) is 7. The molecule has 4 rings (SSSR count). The summed E-state index contributed by atoms with van der Waals surface area (Å²) in [6.07, 6.45) is 5.00. The van der Waals surface area contributed by atoms with Gasteiger partial charge < -0.3 is 16.0 Å². The molecule has 5 atom stereocenters. The Morgan fingerprint density at radius 3 is 2.29 bits per heavy atom. The van der Waals surface area contributed by atoms with E-state index in [1.165, 1.54) is 19.3 Å². The molecule has 3 saturated heterocycles. The number of piperidine rings is 1. The second-order valence-corrected chi connectivity index (χ2v) is 8.73. The molecule has 9 heteroatoms. The number of carbonyl (C=O) groups is 2. The zero-order valence-electron chi connectivity index (χ0n) is 17.0. The summed E-state index contributed by atoms with van der Waals surface area (Å²) in [4.78, 5) is 26.4. The monoisotopic (exact) mass is 393 g/mol. The fraction of sp³-hybridized carbons (Fsp3) is 0.895. The van der Waals surface area contributed by atoms with Crippen LogP contribution in [0.15, 0.2) is 0 Å². The van der Waals surface area contributed by atoms with Gasteiger partial charge in [0.1, 0.15) is 6.29 Å². The highest BCUT2D eigenvalue weighted by molar-refractivity contribution is 5.80. The molecule has 9 nitrogen and oxygen atoms in total. The Kier molecular flexibility index (Phi) is 6.17. The van der Waals surface area contributed by atoms with E-state index < -0.39 is 0 Å². The van der Waals surface area contributed by atoms with Crippen molar-refractivity contribution in [2.75, 3.05) is 40.3 Å². The molecule has 4 fully saturated rings. The fourth-order valence-electron chi connectivity index (χ4n) is 4.80. The van der Waals surface area contributed by atoms with Gasteiger partial charge >= 0.3 is 0 Å². The molecular weight excluding hydrogens is 358 g/mol. The summed E-state index contributed by atoms with van der Waals surface area (Å²) in [6.45, 7) is 3.03. The van der Waals surface area contributed by atoms with Crippen LogP contribution < -0.4 is 31.9 Å². The van der Waals surface area contributed by atoms with Crippen molar-refractivity contribution < 1.29 is 9.59 Å². The minimum Gasteiger partial charge on any atom is -0.359 e. The minimum atomic E-state index is -0.168. The van der Waals surface area contributed by atoms with Crippen molar-refractivity contribution in [2.45, 2.75) is 50.2 Å². The van der Waals surface area contributed by atoms with Crippen molar-refractivity contribution in [3.63, 3.8) is 0 Å². The average molecular weight is 394 g/mol. The molecule has 0 aromatic rings. The lowest BCUT2D eigenvalue weighted by Crippen LogP contribution is -2.74. The lowest BCUT2D eigenvalue weighted by Gasteiger charge is -2.49. The molecule has 0 aromatic heterocycles. The van der Waals surface area contributed by atoms with Gasteiger partial charge in [-0.1, -0.05) is 0 Å². The SMILES string of the molecule is CNC(=O)C1CN(C2NCC(C(=O)NC)C(NC3CCC(C4CC4)NC3)N2)C1. The van der Waals surface area contributed by atoms with Crippen LogP contribution in [-0.4, -0.2) is 81.5 Å². The van der Waals surface area contributed by atoms with Crippen molar-refractivity contribution in [1.29, 1.82) is 0 Å². The van der Waals surface area contributed by atoms with Crippen molar-refractivity contribution in [2.24, 2.45) is 17.8 Å². The molecule has 0 aromatic carbocycles. The largest absolute Gasteiger partial charge is 0.359 e. The maximum Gasteiger partial charge on any atom is 0.227 e. The van der Waals surface area contributed by atoms with E-state index in [1.54, 1.807) is 14.1 Å². The Morgan fingerprint density at radius 2 is 1.68 bits per heavy atom. The number of amides is 2. The third-order valence-electron chi connectivity index (χ3n) is 6.81. The quantitative estimate of drug-likeness (QED) is 0.308. The molecule has 2 amide bonds. The first-order chi connectivity index (χ1) is 13.6. The van der Waals surface area contributed by atoms with Crippen molar-refractivity contribution in [3.8, 4) is 0 Å². The predicted molar refractivity (Wildman–Crippen MR) is 106 cm³/mol. The molecule has 0 spiro atoms. The van der Waals surface area contributed by atoms with E-state index in [0.29, 0.717) is 18.6 Å². The number of carbonyl (C=O) groups excluding carboxylic acids is 2. The van der Waals surface area contributed by atoms with Gasteiger partial charge in [0, 0.05) is 52.4 Å². The van der Waals surface area contributed by atoms with Crippen molar-refractivity contribution >= 4 is 11.8 Å². The number of nitrogens with zero attached hydrogens (tertiary/aromatic N) is 1. The van der Waals surface area contributed by atoms with Gasteiger partial charge in [-0.15, -0.1) is 0 Å². The van der Waals surface area contributed by atoms with Crippen LogP contribution in [0.25, 0.3) is 0 Å². The van der Waals surface area contributed by atoms with Crippen LogP contribution in [0.3, 0.4) is 0 Å². The first-order valence-corrected chi connectivity index (χ1v) is 10.7. The zero-order valence-corrected chi connectivity index (χ0v) is 17.0. The summed E-state index contributed by atoms with van der Waals surface area (Å²) < 4.78 is 0. The Morgan fingerprint density at radius 1 is 0.929 bits per heavy atom. The van der Waals surface area contributed by atoms with Gasteiger partial charge in [-0.25, -0.2) is 0 Å². The Labute approximate surface area is 167 Å². The summed E-state index contributed by atoms with van der Waals surface area (Å²) >= 11 is 0. The van der Waals surface area contributed by atoms with E-state index in [-0.39, 0.29) is 36.1 Å². The van der Waals surface area contributed by atoms with Crippen LogP contribution in [0.2, 0.25) is 0 Å². The Balaban J connectivity index is 1.31. The van der Waals surface area contributed by atoms with E-state index in [0.717, 1.165) is 32.0 Å². The molecule has 1 saturated carbocycles. The molecule has 1 aliphatic carbocycles.